The molecule has 2 rings (SSSR count). The molecule has 66 valence electrons. The maximum atomic E-state index is 4.74. The van der Waals surface area contributed by atoms with E-state index in [0.717, 1.165) is 11.0 Å². The van der Waals surface area contributed by atoms with E-state index in [0.29, 0.717) is 5.88 Å². The van der Waals surface area contributed by atoms with Gasteiger partial charge in [-0.05, 0) is 12.1 Å². The molecule has 0 spiro atoms. The standard InChI is InChI=1S/C9H8N2O2/c1-12-13-9-6-10-7-4-2-3-5-8(7)11-9/h2-6H,1H3. The Morgan fingerprint density at radius 1 is 1.15 bits per heavy atom. The smallest absolute Gasteiger partial charge is 0.275 e. The summed E-state index contributed by atoms with van der Waals surface area (Å²) >= 11 is 0. The highest BCUT2D eigenvalue weighted by Gasteiger charge is 1.98. The Morgan fingerprint density at radius 3 is 2.69 bits per heavy atom. The second kappa shape index (κ2) is 3.37. The third-order valence-electron chi connectivity index (χ3n) is 1.60. The zero-order chi connectivity index (χ0) is 9.10. The van der Waals surface area contributed by atoms with Gasteiger partial charge in [-0.2, -0.15) is 4.89 Å². The van der Waals surface area contributed by atoms with Crippen molar-refractivity contribution < 1.29 is 9.78 Å². The third-order valence-corrected chi connectivity index (χ3v) is 1.60. The SMILES string of the molecule is COOc1cnc2ccccc2n1. The molecule has 0 unspecified atom stereocenters. The van der Waals surface area contributed by atoms with Crippen LogP contribution in [-0.2, 0) is 4.89 Å². The summed E-state index contributed by atoms with van der Waals surface area (Å²) in [7, 11) is 1.43. The molecule has 4 nitrogen and oxygen atoms in total. The summed E-state index contributed by atoms with van der Waals surface area (Å²) in [6.07, 6.45) is 1.52. The van der Waals surface area contributed by atoms with Crippen molar-refractivity contribution in [2.24, 2.45) is 0 Å². The minimum atomic E-state index is 0.362. The lowest BCUT2D eigenvalue weighted by Crippen LogP contribution is -1.94. The van der Waals surface area contributed by atoms with Crippen LogP contribution in [0.15, 0.2) is 30.5 Å². The molecule has 0 saturated carbocycles. The van der Waals surface area contributed by atoms with Crippen LogP contribution in [0.25, 0.3) is 11.0 Å². The molecule has 0 aliphatic rings. The summed E-state index contributed by atoms with van der Waals surface area (Å²) in [5, 5.41) is 0. The number of para-hydroxylation sites is 2. The molecule has 0 fully saturated rings. The monoisotopic (exact) mass is 176 g/mol. The first kappa shape index (κ1) is 7.94. The number of fused-ring (bicyclic) bond motifs is 1. The summed E-state index contributed by atoms with van der Waals surface area (Å²) in [4.78, 5) is 17.5. The highest BCUT2D eigenvalue weighted by atomic mass is 17.2. The second-order valence-corrected chi connectivity index (χ2v) is 2.45. The van der Waals surface area contributed by atoms with E-state index in [9.17, 15) is 0 Å². The largest absolute Gasteiger partial charge is 0.315 e. The molecule has 4 heteroatoms. The maximum Gasteiger partial charge on any atom is 0.275 e. The van der Waals surface area contributed by atoms with Crippen molar-refractivity contribution >= 4 is 11.0 Å². The minimum absolute atomic E-state index is 0.362. The highest BCUT2D eigenvalue weighted by Crippen LogP contribution is 2.12. The van der Waals surface area contributed by atoms with E-state index in [4.69, 9.17) is 4.89 Å². The number of hydrogen-bond donors (Lipinski definition) is 0. The van der Waals surface area contributed by atoms with Crippen LogP contribution in [0.2, 0.25) is 0 Å². The summed E-state index contributed by atoms with van der Waals surface area (Å²) in [5.41, 5.74) is 1.63. The molecular weight excluding hydrogens is 168 g/mol. The third kappa shape index (κ3) is 1.57. The molecule has 0 radical (unpaired) electrons. The number of hydrogen-bond acceptors (Lipinski definition) is 4. The molecule has 1 aromatic heterocycles. The topological polar surface area (TPSA) is 44.2 Å². The number of rotatable bonds is 2. The summed E-state index contributed by atoms with van der Waals surface area (Å²) in [6, 6.07) is 7.56. The lowest BCUT2D eigenvalue weighted by Gasteiger charge is -1.99. The number of aromatic nitrogens is 2. The molecule has 0 aliphatic heterocycles. The van der Waals surface area contributed by atoms with Crippen molar-refractivity contribution in [1.29, 1.82) is 0 Å². The number of nitrogens with zero attached hydrogens (tertiary/aromatic N) is 2. The van der Waals surface area contributed by atoms with E-state index in [1.807, 2.05) is 24.3 Å². The van der Waals surface area contributed by atoms with Crippen molar-refractivity contribution in [3.8, 4) is 5.88 Å². The zero-order valence-electron chi connectivity index (χ0n) is 7.10. The lowest BCUT2D eigenvalue weighted by atomic mass is 10.3. The Balaban J connectivity index is 2.49. The molecule has 2 aromatic rings. The molecule has 0 bridgehead atoms. The predicted molar refractivity (Wildman–Crippen MR) is 47.2 cm³/mol. The first-order valence-corrected chi connectivity index (χ1v) is 3.82. The van der Waals surface area contributed by atoms with Crippen molar-refractivity contribution in [2.45, 2.75) is 0 Å². The van der Waals surface area contributed by atoms with Gasteiger partial charge in [0.2, 0.25) is 0 Å². The Kier molecular flexibility index (Phi) is 2.06. The van der Waals surface area contributed by atoms with E-state index < -0.39 is 0 Å². The van der Waals surface area contributed by atoms with E-state index in [2.05, 4.69) is 14.9 Å². The van der Waals surface area contributed by atoms with Crippen molar-refractivity contribution in [2.75, 3.05) is 7.11 Å². The fourth-order valence-corrected chi connectivity index (χ4v) is 1.07. The fraction of sp³-hybridized carbons (Fsp3) is 0.111. The maximum absolute atomic E-state index is 4.74. The van der Waals surface area contributed by atoms with Gasteiger partial charge in [0.05, 0.1) is 24.3 Å². The van der Waals surface area contributed by atoms with E-state index in [-0.39, 0.29) is 0 Å². The lowest BCUT2D eigenvalue weighted by molar-refractivity contribution is -0.181. The molecule has 0 aliphatic carbocycles. The predicted octanol–water partition coefficient (Wildman–Crippen LogP) is 1.57. The van der Waals surface area contributed by atoms with Gasteiger partial charge in [-0.25, -0.2) is 9.97 Å². The highest BCUT2D eigenvalue weighted by molar-refractivity contribution is 5.73. The average Bonchev–Trinajstić information content (AvgIpc) is 2.18. The molecule has 0 amide bonds. The summed E-state index contributed by atoms with van der Waals surface area (Å²) in [5.74, 6) is 0.362. The Labute approximate surface area is 75.1 Å². The Morgan fingerprint density at radius 2 is 1.92 bits per heavy atom. The van der Waals surface area contributed by atoms with Gasteiger partial charge >= 0.3 is 0 Å². The molecule has 13 heavy (non-hydrogen) atoms. The van der Waals surface area contributed by atoms with Gasteiger partial charge in [-0.3, -0.25) is 0 Å². The quantitative estimate of drug-likeness (QED) is 0.514. The first-order chi connectivity index (χ1) is 6.40. The van der Waals surface area contributed by atoms with Crippen LogP contribution >= 0.6 is 0 Å². The van der Waals surface area contributed by atoms with Crippen molar-refractivity contribution in [3.63, 3.8) is 0 Å². The van der Waals surface area contributed by atoms with Gasteiger partial charge in [0.1, 0.15) is 0 Å². The van der Waals surface area contributed by atoms with Crippen LogP contribution in [0, 0.1) is 0 Å². The van der Waals surface area contributed by atoms with Crippen LogP contribution in [0.3, 0.4) is 0 Å². The zero-order valence-corrected chi connectivity index (χ0v) is 7.10. The molecule has 1 aromatic carbocycles. The van der Waals surface area contributed by atoms with E-state index in [1.165, 1.54) is 13.3 Å². The van der Waals surface area contributed by atoms with Gasteiger partial charge in [-0.1, -0.05) is 12.1 Å². The van der Waals surface area contributed by atoms with E-state index in [1.54, 1.807) is 0 Å². The van der Waals surface area contributed by atoms with Gasteiger partial charge in [0.15, 0.2) is 0 Å². The summed E-state index contributed by atoms with van der Waals surface area (Å²) in [6.45, 7) is 0. The molecule has 1 heterocycles. The van der Waals surface area contributed by atoms with Gasteiger partial charge < -0.3 is 4.89 Å². The van der Waals surface area contributed by atoms with Crippen LogP contribution in [0.1, 0.15) is 0 Å². The van der Waals surface area contributed by atoms with E-state index >= 15 is 0 Å². The normalized spacial score (nSPS) is 10.2. The fourth-order valence-electron chi connectivity index (χ4n) is 1.07. The van der Waals surface area contributed by atoms with Gasteiger partial charge in [0.25, 0.3) is 5.88 Å². The molecule has 0 atom stereocenters. The Bertz CT molecular complexity index is 417. The van der Waals surface area contributed by atoms with Gasteiger partial charge in [0, 0.05) is 0 Å². The second-order valence-electron chi connectivity index (χ2n) is 2.45. The molecule has 0 N–H and O–H groups in total. The van der Waals surface area contributed by atoms with Crippen molar-refractivity contribution in [3.05, 3.63) is 30.5 Å². The van der Waals surface area contributed by atoms with Crippen LogP contribution in [-0.4, -0.2) is 17.1 Å². The minimum Gasteiger partial charge on any atom is -0.315 e. The molecular formula is C9H8N2O2. The Hall–Kier alpha value is -1.68. The van der Waals surface area contributed by atoms with Crippen LogP contribution in [0.4, 0.5) is 0 Å². The average molecular weight is 176 g/mol. The molecule has 0 saturated heterocycles. The number of benzene rings is 1. The van der Waals surface area contributed by atoms with Gasteiger partial charge in [-0.15, -0.1) is 0 Å². The summed E-state index contributed by atoms with van der Waals surface area (Å²) < 4.78 is 0. The van der Waals surface area contributed by atoms with Crippen molar-refractivity contribution in [1.82, 2.24) is 9.97 Å². The first-order valence-electron chi connectivity index (χ1n) is 3.82. The van der Waals surface area contributed by atoms with Crippen LogP contribution < -0.4 is 4.89 Å². The van der Waals surface area contributed by atoms with Crippen LogP contribution in [0.5, 0.6) is 5.88 Å².